The Morgan fingerprint density at radius 3 is 2.07 bits per heavy atom. The maximum absolute atomic E-state index is 12.8. The molecule has 1 aromatic rings. The van der Waals surface area contributed by atoms with Crippen molar-refractivity contribution in [2.45, 2.75) is 186 Å². The van der Waals surface area contributed by atoms with Crippen LogP contribution in [-0.2, 0) is 46.3 Å². The first-order valence-corrected chi connectivity index (χ1v) is 27.2. The Morgan fingerprint density at radius 1 is 0.797 bits per heavy atom. The number of rotatable bonds is 38. The van der Waals surface area contributed by atoms with Gasteiger partial charge in [-0.2, -0.15) is 9.29 Å². The highest BCUT2D eigenvalue weighted by Gasteiger charge is 2.46. The molecular formula is C47H79N3O17P2. The molecule has 0 saturated carbocycles. The first-order chi connectivity index (χ1) is 32.8. The third kappa shape index (κ3) is 28.9. The molecule has 69 heavy (non-hydrogen) atoms. The Kier molecular flexibility index (Phi) is 31.2. The molecule has 8 N–H and O–H groups in total. The third-order valence-electron chi connectivity index (χ3n) is 10.8. The number of aromatic nitrogens is 2. The minimum Gasteiger partial charge on any atom is -0.462 e. The lowest BCUT2D eigenvalue weighted by molar-refractivity contribution is -0.161. The quantitative estimate of drug-likeness (QED) is 0.0113. The van der Waals surface area contributed by atoms with Gasteiger partial charge in [-0.3, -0.25) is 23.2 Å². The summed E-state index contributed by atoms with van der Waals surface area (Å²) in [4.78, 5) is 61.8. The van der Waals surface area contributed by atoms with Gasteiger partial charge in [0.2, 0.25) is 0 Å². The molecule has 0 bridgehead atoms. The lowest BCUT2D eigenvalue weighted by Crippen LogP contribution is -2.36. The molecule has 0 aliphatic carbocycles. The lowest BCUT2D eigenvalue weighted by Gasteiger charge is -2.21. The number of esters is 2. The van der Waals surface area contributed by atoms with Crippen LogP contribution in [0.1, 0.15) is 149 Å². The minimum absolute atomic E-state index is 0.00355. The summed E-state index contributed by atoms with van der Waals surface area (Å²) in [5, 5.41) is 41.3. The fraction of sp³-hybridized carbons (Fsp3) is 0.702. The normalized spacial score (nSPS) is 20.8. The number of phosphoric ester groups is 2. The zero-order chi connectivity index (χ0) is 51.1. The van der Waals surface area contributed by atoms with Crippen LogP contribution in [0.5, 0.6) is 0 Å². The average Bonchev–Trinajstić information content (AvgIpc) is 3.56. The Labute approximate surface area is 406 Å². The van der Waals surface area contributed by atoms with Gasteiger partial charge in [-0.1, -0.05) is 140 Å². The van der Waals surface area contributed by atoms with Gasteiger partial charge in [0.1, 0.15) is 30.7 Å². The van der Waals surface area contributed by atoms with Gasteiger partial charge in [-0.15, -0.1) is 0 Å². The van der Waals surface area contributed by atoms with Gasteiger partial charge >= 0.3 is 33.3 Å². The van der Waals surface area contributed by atoms with Crippen LogP contribution in [0.15, 0.2) is 65.7 Å². The molecule has 1 fully saturated rings. The van der Waals surface area contributed by atoms with Gasteiger partial charge in [0.15, 0.2) is 12.3 Å². The van der Waals surface area contributed by atoms with Crippen molar-refractivity contribution in [3.8, 4) is 0 Å². The van der Waals surface area contributed by atoms with E-state index in [1.807, 2.05) is 6.08 Å². The van der Waals surface area contributed by atoms with E-state index < -0.39 is 95.9 Å². The van der Waals surface area contributed by atoms with Gasteiger partial charge in [0.05, 0.1) is 25.4 Å². The second-order valence-electron chi connectivity index (χ2n) is 17.5. The van der Waals surface area contributed by atoms with Crippen molar-refractivity contribution in [2.24, 2.45) is 5.92 Å². The number of nitrogen functional groups attached to an aromatic ring is 1. The van der Waals surface area contributed by atoms with Gasteiger partial charge in [0.25, 0.3) is 0 Å². The highest BCUT2D eigenvalue weighted by Crippen LogP contribution is 2.60. The zero-order valence-corrected chi connectivity index (χ0v) is 42.3. The fourth-order valence-electron chi connectivity index (χ4n) is 6.93. The van der Waals surface area contributed by atoms with E-state index in [4.69, 9.17) is 29.0 Å². The van der Waals surface area contributed by atoms with E-state index in [9.17, 15) is 53.7 Å². The number of hydrogen-bond acceptors (Lipinski definition) is 17. The van der Waals surface area contributed by atoms with Crippen molar-refractivity contribution >= 4 is 33.4 Å². The van der Waals surface area contributed by atoms with Crippen LogP contribution < -0.4 is 11.4 Å². The Hall–Kier alpha value is -3.36. The van der Waals surface area contributed by atoms with Crippen LogP contribution in [0.2, 0.25) is 0 Å². The number of allylic oxidation sites excluding steroid dienone is 5. The number of nitrogens with two attached hydrogens (primary N) is 1. The molecule has 1 aromatic heterocycles. The van der Waals surface area contributed by atoms with Crippen molar-refractivity contribution in [3.05, 3.63) is 71.4 Å². The monoisotopic (exact) mass is 1020 g/mol. The number of ether oxygens (including phenoxy) is 3. The molecule has 20 nitrogen and oxygen atoms in total. The second kappa shape index (κ2) is 34.9. The van der Waals surface area contributed by atoms with Crippen LogP contribution in [0.25, 0.3) is 0 Å². The highest BCUT2D eigenvalue weighted by molar-refractivity contribution is 7.61. The molecule has 0 radical (unpaired) electrons. The summed E-state index contributed by atoms with van der Waals surface area (Å²) in [6.07, 6.45) is 21.4. The van der Waals surface area contributed by atoms with Crippen molar-refractivity contribution in [2.75, 3.05) is 25.6 Å². The Morgan fingerprint density at radius 2 is 1.42 bits per heavy atom. The van der Waals surface area contributed by atoms with E-state index in [1.54, 1.807) is 30.4 Å². The van der Waals surface area contributed by atoms with Crippen molar-refractivity contribution in [1.29, 1.82) is 0 Å². The van der Waals surface area contributed by atoms with Crippen molar-refractivity contribution in [3.63, 3.8) is 0 Å². The molecule has 2 rings (SSSR count). The smallest absolute Gasteiger partial charge is 0.462 e. The number of aliphatic hydroxyl groups excluding tert-OH is 4. The largest absolute Gasteiger partial charge is 0.481 e. The van der Waals surface area contributed by atoms with Crippen LogP contribution in [0.3, 0.4) is 0 Å². The van der Waals surface area contributed by atoms with Gasteiger partial charge in [-0.05, 0) is 50.5 Å². The summed E-state index contributed by atoms with van der Waals surface area (Å²) in [5.41, 5.74) is 4.56. The predicted molar refractivity (Wildman–Crippen MR) is 259 cm³/mol. The van der Waals surface area contributed by atoms with Crippen LogP contribution in [0.4, 0.5) is 5.82 Å². The molecule has 2 heterocycles. The van der Waals surface area contributed by atoms with E-state index in [-0.39, 0.29) is 31.5 Å². The number of anilines is 1. The van der Waals surface area contributed by atoms with Crippen LogP contribution in [0, 0.1) is 5.92 Å². The van der Waals surface area contributed by atoms with Gasteiger partial charge in [0, 0.05) is 19.0 Å². The maximum atomic E-state index is 12.8. The summed E-state index contributed by atoms with van der Waals surface area (Å²) in [5.74, 6) is -0.841. The molecule has 9 atom stereocenters. The second-order valence-corrected chi connectivity index (χ2v) is 20.5. The van der Waals surface area contributed by atoms with Crippen LogP contribution >= 0.6 is 15.6 Å². The third-order valence-corrected chi connectivity index (χ3v) is 13.4. The number of nitrogens with zero attached hydrogens (tertiary/aromatic N) is 2. The fourth-order valence-corrected chi connectivity index (χ4v) is 9.04. The topological polar surface area (TPSA) is 306 Å². The molecule has 1 aliphatic rings. The summed E-state index contributed by atoms with van der Waals surface area (Å²) in [6, 6.07) is 1.23. The number of carbonyl (C=O) groups excluding carboxylic acids is 2. The number of phosphoric acid groups is 2. The zero-order valence-electron chi connectivity index (χ0n) is 40.5. The van der Waals surface area contributed by atoms with E-state index in [1.165, 1.54) is 44.2 Å². The highest BCUT2D eigenvalue weighted by atomic mass is 31.3. The molecular weight excluding hydrogens is 940 g/mol. The maximum Gasteiger partial charge on any atom is 0.481 e. The van der Waals surface area contributed by atoms with Crippen molar-refractivity contribution < 1.29 is 76.5 Å². The van der Waals surface area contributed by atoms with E-state index in [0.717, 1.165) is 62.1 Å². The first kappa shape index (κ1) is 61.8. The summed E-state index contributed by atoms with van der Waals surface area (Å²) >= 11 is 0. The van der Waals surface area contributed by atoms with Gasteiger partial charge < -0.3 is 50.2 Å². The molecule has 394 valence electrons. The average molecular weight is 1020 g/mol. The minimum atomic E-state index is -5.47. The van der Waals surface area contributed by atoms with Crippen molar-refractivity contribution in [1.82, 2.24) is 9.55 Å². The predicted octanol–water partition coefficient (Wildman–Crippen LogP) is 7.18. The first-order valence-electron chi connectivity index (χ1n) is 24.2. The van der Waals surface area contributed by atoms with E-state index >= 15 is 0 Å². The van der Waals surface area contributed by atoms with E-state index in [2.05, 4.69) is 36.1 Å². The number of unbranched alkanes of at least 4 members (excludes halogenated alkanes) is 11. The number of hydrogen-bond donors (Lipinski definition) is 7. The molecule has 0 aromatic carbocycles. The SMILES string of the molecule is CCCCC/C=C\C[C@@H](O)/C=C/C=C/C=C\[C@@H](O)CCCC(=O)OC[C@H](COP(=O)(O)OP(=O)(O)OC[C@H]1O[C@@H](n2ccc(N)nc2=O)[C@H](O)[C@@H]1O)OC(=O)CCCCCCCCCCCC(C)C. The van der Waals surface area contributed by atoms with Gasteiger partial charge in [-0.25, -0.2) is 13.9 Å². The molecule has 0 spiro atoms. The molecule has 2 unspecified atom stereocenters. The summed E-state index contributed by atoms with van der Waals surface area (Å²) in [6.45, 7) is 4.08. The number of carbonyl (C=O) groups is 2. The summed E-state index contributed by atoms with van der Waals surface area (Å²) < 4.78 is 56.4. The number of aliphatic hydroxyl groups is 4. The Bertz CT molecular complexity index is 1890. The van der Waals surface area contributed by atoms with E-state index in [0.29, 0.717) is 18.8 Å². The van der Waals surface area contributed by atoms with Crippen LogP contribution in [-0.4, -0.2) is 108 Å². The standard InChI is InChI=1S/C47H79N3O17P2/c1-4-5-6-7-14-19-25-37(51)26-20-16-17-21-27-38(52)28-23-30-42(53)62-33-39(65-43(54)29-22-15-12-10-8-9-11-13-18-24-36(2)3)34-63-68(58,59)67-69(60,61)64-35-40-44(55)45(56)46(66-40)50-32-31-41(48)49-47(50)57/h14,16-17,19-21,26-27,31-32,36-40,44-46,51-52,55-56H,4-13,15,18,22-25,28-30,33-35H2,1-3H3,(H,58,59)(H,60,61)(H2,48,49,57)/b17-16+,19-14-,26-20+,27-21-/t37-,38-,39-,40-,44-,45-,46-/m1/s1. The molecule has 1 saturated heterocycles. The summed E-state index contributed by atoms with van der Waals surface area (Å²) in [7, 11) is -10.9. The lowest BCUT2D eigenvalue weighted by atomic mass is 10.0. The Balaban J connectivity index is 1.88. The molecule has 0 amide bonds. The molecule has 22 heteroatoms. The molecule has 1 aliphatic heterocycles.